The number of benzene rings is 1. The van der Waals surface area contributed by atoms with Crippen LogP contribution in [0.2, 0.25) is 0 Å². The average molecular weight is 276 g/mol. The van der Waals surface area contributed by atoms with E-state index in [0.29, 0.717) is 19.8 Å². The summed E-state index contributed by atoms with van der Waals surface area (Å²) in [6.45, 7) is 6.87. The quantitative estimate of drug-likeness (QED) is 0.806. The second-order valence-corrected chi connectivity index (χ2v) is 4.73. The molecule has 0 aliphatic rings. The van der Waals surface area contributed by atoms with Crippen LogP contribution in [0.5, 0.6) is 5.75 Å². The molecule has 0 saturated heterocycles. The van der Waals surface area contributed by atoms with Gasteiger partial charge in [-0.3, -0.25) is 0 Å². The number of nitrogens with zero attached hydrogens (tertiary/aromatic N) is 1. The Hall–Kier alpha value is -1.52. The Labute approximate surface area is 120 Å². The largest absolute Gasteiger partial charge is 0.493 e. The summed E-state index contributed by atoms with van der Waals surface area (Å²) in [5.74, 6) is 0.948. The lowest BCUT2D eigenvalue weighted by atomic mass is 10.2. The Kier molecular flexibility index (Phi) is 5.44. The van der Waals surface area contributed by atoms with Gasteiger partial charge in [0.2, 0.25) is 0 Å². The van der Waals surface area contributed by atoms with E-state index in [9.17, 15) is 0 Å². The van der Waals surface area contributed by atoms with Crippen LogP contribution in [0.3, 0.4) is 0 Å². The minimum absolute atomic E-state index is 0.132. The fourth-order valence-corrected chi connectivity index (χ4v) is 2.46. The van der Waals surface area contributed by atoms with Gasteiger partial charge in [0.25, 0.3) is 0 Å². The third-order valence-corrected chi connectivity index (χ3v) is 3.43. The standard InChI is InChI=1S/C16H24N2O2/c1-3-19-13(12-17)8-10-18-11-9-14-15(18)6-5-7-16(14)20-4-2/h5-7,9,11,13H,3-4,8,10,12,17H2,1-2H3. The van der Waals surface area contributed by atoms with Crippen molar-refractivity contribution in [2.24, 2.45) is 5.73 Å². The van der Waals surface area contributed by atoms with Crippen molar-refractivity contribution in [3.8, 4) is 5.75 Å². The zero-order valence-electron chi connectivity index (χ0n) is 12.3. The van der Waals surface area contributed by atoms with Gasteiger partial charge in [0.15, 0.2) is 0 Å². The molecule has 2 N–H and O–H groups in total. The van der Waals surface area contributed by atoms with Gasteiger partial charge in [-0.2, -0.15) is 0 Å². The number of hydrogen-bond acceptors (Lipinski definition) is 3. The van der Waals surface area contributed by atoms with E-state index in [1.807, 2.05) is 26.0 Å². The molecule has 0 aliphatic carbocycles. The molecule has 1 heterocycles. The van der Waals surface area contributed by atoms with Crippen LogP contribution in [0, 0.1) is 0 Å². The van der Waals surface area contributed by atoms with E-state index < -0.39 is 0 Å². The van der Waals surface area contributed by atoms with Crippen LogP contribution >= 0.6 is 0 Å². The topological polar surface area (TPSA) is 49.4 Å². The van der Waals surface area contributed by atoms with Crippen LogP contribution < -0.4 is 10.5 Å². The smallest absolute Gasteiger partial charge is 0.128 e. The van der Waals surface area contributed by atoms with E-state index in [-0.39, 0.29) is 6.10 Å². The predicted molar refractivity (Wildman–Crippen MR) is 82.2 cm³/mol. The molecule has 110 valence electrons. The van der Waals surface area contributed by atoms with Crippen LogP contribution in [0.1, 0.15) is 20.3 Å². The molecule has 1 aromatic heterocycles. The number of rotatable bonds is 8. The number of fused-ring (bicyclic) bond motifs is 1. The molecule has 0 fully saturated rings. The van der Waals surface area contributed by atoms with E-state index in [1.165, 1.54) is 5.52 Å². The van der Waals surface area contributed by atoms with Crippen LogP contribution in [0.4, 0.5) is 0 Å². The molecular weight excluding hydrogens is 252 g/mol. The Morgan fingerprint density at radius 1 is 1.20 bits per heavy atom. The fraction of sp³-hybridized carbons (Fsp3) is 0.500. The summed E-state index contributed by atoms with van der Waals surface area (Å²) in [5, 5.41) is 1.16. The molecule has 4 heteroatoms. The van der Waals surface area contributed by atoms with Gasteiger partial charge in [-0.05, 0) is 38.5 Å². The number of hydrogen-bond donors (Lipinski definition) is 1. The molecule has 0 bridgehead atoms. The summed E-state index contributed by atoms with van der Waals surface area (Å²) in [4.78, 5) is 0. The summed E-state index contributed by atoms with van der Waals surface area (Å²) >= 11 is 0. The lowest BCUT2D eigenvalue weighted by Crippen LogP contribution is -2.25. The van der Waals surface area contributed by atoms with Crippen molar-refractivity contribution < 1.29 is 9.47 Å². The fourth-order valence-electron chi connectivity index (χ4n) is 2.46. The van der Waals surface area contributed by atoms with Crippen LogP contribution in [-0.2, 0) is 11.3 Å². The minimum Gasteiger partial charge on any atom is -0.493 e. The Balaban J connectivity index is 2.13. The molecule has 0 saturated carbocycles. The first kappa shape index (κ1) is 14.9. The highest BCUT2D eigenvalue weighted by molar-refractivity contribution is 5.86. The normalized spacial score (nSPS) is 12.8. The minimum atomic E-state index is 0.132. The maximum atomic E-state index is 5.72. The number of aryl methyl sites for hydroxylation is 1. The van der Waals surface area contributed by atoms with E-state index in [2.05, 4.69) is 22.9 Å². The predicted octanol–water partition coefficient (Wildman–Crippen LogP) is 2.79. The van der Waals surface area contributed by atoms with Gasteiger partial charge in [0.05, 0.1) is 18.2 Å². The van der Waals surface area contributed by atoms with Gasteiger partial charge in [-0.25, -0.2) is 0 Å². The molecule has 0 radical (unpaired) electrons. The second kappa shape index (κ2) is 7.31. The summed E-state index contributed by atoms with van der Waals surface area (Å²) in [6.07, 6.45) is 3.16. The maximum Gasteiger partial charge on any atom is 0.128 e. The summed E-state index contributed by atoms with van der Waals surface area (Å²) in [6, 6.07) is 8.28. The Morgan fingerprint density at radius 3 is 2.75 bits per heavy atom. The monoisotopic (exact) mass is 276 g/mol. The number of aromatic nitrogens is 1. The second-order valence-electron chi connectivity index (χ2n) is 4.73. The first-order valence-electron chi connectivity index (χ1n) is 7.32. The van der Waals surface area contributed by atoms with E-state index >= 15 is 0 Å². The zero-order chi connectivity index (χ0) is 14.4. The zero-order valence-corrected chi connectivity index (χ0v) is 12.3. The number of nitrogens with two attached hydrogens (primary N) is 1. The summed E-state index contributed by atoms with van der Waals surface area (Å²) in [7, 11) is 0. The van der Waals surface area contributed by atoms with Gasteiger partial charge >= 0.3 is 0 Å². The van der Waals surface area contributed by atoms with Gasteiger partial charge in [-0.15, -0.1) is 0 Å². The van der Waals surface area contributed by atoms with E-state index in [4.69, 9.17) is 15.2 Å². The highest BCUT2D eigenvalue weighted by atomic mass is 16.5. The van der Waals surface area contributed by atoms with Gasteiger partial charge in [0, 0.05) is 31.3 Å². The number of ether oxygens (including phenoxy) is 2. The molecule has 1 atom stereocenters. The van der Waals surface area contributed by atoms with Crippen molar-refractivity contribution >= 4 is 10.9 Å². The Bertz CT molecular complexity index is 536. The molecule has 0 amide bonds. The third-order valence-electron chi connectivity index (χ3n) is 3.43. The van der Waals surface area contributed by atoms with Crippen LogP contribution in [-0.4, -0.2) is 30.4 Å². The van der Waals surface area contributed by atoms with E-state index in [0.717, 1.165) is 24.1 Å². The molecule has 1 unspecified atom stereocenters. The molecular formula is C16H24N2O2. The van der Waals surface area contributed by atoms with Crippen LogP contribution in [0.25, 0.3) is 10.9 Å². The van der Waals surface area contributed by atoms with Crippen molar-refractivity contribution in [3.63, 3.8) is 0 Å². The molecule has 20 heavy (non-hydrogen) atoms. The van der Waals surface area contributed by atoms with Crippen molar-refractivity contribution in [3.05, 3.63) is 30.5 Å². The van der Waals surface area contributed by atoms with Gasteiger partial charge in [-0.1, -0.05) is 6.07 Å². The Morgan fingerprint density at radius 2 is 2.05 bits per heavy atom. The van der Waals surface area contributed by atoms with Crippen LogP contribution in [0.15, 0.2) is 30.5 Å². The first-order chi connectivity index (χ1) is 9.80. The molecule has 0 spiro atoms. The summed E-state index contributed by atoms with van der Waals surface area (Å²) in [5.41, 5.74) is 6.92. The molecule has 0 aliphatic heterocycles. The van der Waals surface area contributed by atoms with Crippen molar-refractivity contribution in [2.45, 2.75) is 32.9 Å². The highest BCUT2D eigenvalue weighted by Gasteiger charge is 2.09. The lowest BCUT2D eigenvalue weighted by molar-refractivity contribution is 0.0601. The third kappa shape index (κ3) is 3.32. The van der Waals surface area contributed by atoms with E-state index in [1.54, 1.807) is 0 Å². The van der Waals surface area contributed by atoms with Gasteiger partial charge < -0.3 is 19.8 Å². The molecule has 2 aromatic rings. The average Bonchev–Trinajstić information content (AvgIpc) is 2.88. The van der Waals surface area contributed by atoms with Crippen molar-refractivity contribution in [2.75, 3.05) is 19.8 Å². The molecule has 4 nitrogen and oxygen atoms in total. The highest BCUT2D eigenvalue weighted by Crippen LogP contribution is 2.26. The van der Waals surface area contributed by atoms with Crippen molar-refractivity contribution in [1.29, 1.82) is 0 Å². The van der Waals surface area contributed by atoms with Gasteiger partial charge in [0.1, 0.15) is 5.75 Å². The maximum absolute atomic E-state index is 5.72. The first-order valence-corrected chi connectivity index (χ1v) is 7.32. The molecule has 1 aromatic carbocycles. The molecule has 2 rings (SSSR count). The lowest BCUT2D eigenvalue weighted by Gasteiger charge is -2.15. The summed E-state index contributed by atoms with van der Waals surface area (Å²) < 4.78 is 13.5. The SMILES string of the molecule is CCOc1cccc2c1ccn2CCC(CN)OCC. The van der Waals surface area contributed by atoms with Crippen molar-refractivity contribution in [1.82, 2.24) is 4.57 Å².